The molecule has 5 rings (SSSR count). The Balaban J connectivity index is 0.000000180. The van der Waals surface area contributed by atoms with Gasteiger partial charge in [0.05, 0.1) is 10.6 Å². The summed E-state index contributed by atoms with van der Waals surface area (Å²) in [7, 11) is -1.67. The number of nitrogens with one attached hydrogen (secondary N) is 1. The molecule has 0 spiro atoms. The number of para-hydroxylation sites is 1. The maximum Gasteiger partial charge on any atom is 0.209 e. The first kappa shape index (κ1) is 26.6. The Kier molecular flexibility index (Phi) is 8.43. The third-order valence-corrected chi connectivity index (χ3v) is 8.30. The first-order valence-electron chi connectivity index (χ1n) is 11.8. The summed E-state index contributed by atoms with van der Waals surface area (Å²) in [5.41, 5.74) is 1.34. The van der Waals surface area contributed by atoms with E-state index < -0.39 is 9.84 Å². The Hall–Kier alpha value is -3.46. The van der Waals surface area contributed by atoms with Crippen molar-refractivity contribution in [1.29, 1.82) is 0 Å². The highest BCUT2D eigenvalue weighted by Gasteiger charge is 2.26. The van der Waals surface area contributed by atoms with Crippen LogP contribution in [0.1, 0.15) is 33.7 Å². The molecule has 9 heteroatoms. The van der Waals surface area contributed by atoms with Crippen LogP contribution >= 0.6 is 11.6 Å². The molecule has 1 saturated heterocycles. The average molecular weight is 539 g/mol. The molecule has 0 atom stereocenters. The SMILES string of the molecule is CN1CCC(Oc2ccc(C=O)cc2)CC1.O=Cc1[nH]c2ccccc2c1S(=O)(=O)c1ccc(Cl)cc1. The van der Waals surface area contributed by atoms with Crippen LogP contribution in [0.4, 0.5) is 0 Å². The second-order valence-corrected chi connectivity index (χ2v) is 11.1. The molecule has 37 heavy (non-hydrogen) atoms. The standard InChI is InChI=1S/C15H10ClNO3S.C13H17NO2/c16-10-5-7-11(8-6-10)21(19,20)15-12-3-1-2-4-13(12)17-14(15)9-18;1-14-8-6-13(7-9-14)16-12-4-2-11(10-15)3-5-12/h1-9,17H;2-5,10,13H,6-9H2,1H3. The number of carbonyl (C=O) groups is 2. The van der Waals surface area contributed by atoms with Gasteiger partial charge in [-0.25, -0.2) is 8.42 Å². The molecule has 0 unspecified atom stereocenters. The average Bonchev–Trinajstić information content (AvgIpc) is 3.31. The van der Waals surface area contributed by atoms with Gasteiger partial charge in [0, 0.05) is 34.6 Å². The van der Waals surface area contributed by atoms with Gasteiger partial charge < -0.3 is 14.6 Å². The van der Waals surface area contributed by atoms with Gasteiger partial charge in [-0.15, -0.1) is 0 Å². The molecule has 1 fully saturated rings. The Bertz CT molecular complexity index is 1470. The normalized spacial score (nSPS) is 14.5. The number of aromatic amines is 1. The number of halogens is 1. The van der Waals surface area contributed by atoms with Crippen molar-refractivity contribution in [3.63, 3.8) is 0 Å². The van der Waals surface area contributed by atoms with Crippen molar-refractivity contribution < 1.29 is 22.7 Å². The minimum atomic E-state index is -3.80. The molecule has 0 amide bonds. The zero-order chi connectivity index (χ0) is 26.4. The predicted octanol–water partition coefficient (Wildman–Crippen LogP) is 5.44. The fourth-order valence-corrected chi connectivity index (χ4v) is 5.87. The lowest BCUT2D eigenvalue weighted by atomic mass is 10.1. The number of likely N-dealkylation sites (tertiary alicyclic amines) is 1. The van der Waals surface area contributed by atoms with E-state index in [0.29, 0.717) is 33.9 Å². The lowest BCUT2D eigenvalue weighted by Crippen LogP contribution is -2.35. The molecule has 192 valence electrons. The fraction of sp³-hybridized carbons (Fsp3) is 0.214. The molecular weight excluding hydrogens is 512 g/mol. The molecule has 3 aromatic carbocycles. The summed E-state index contributed by atoms with van der Waals surface area (Å²) < 4.78 is 31.4. The number of ether oxygens (including phenoxy) is 1. The van der Waals surface area contributed by atoms with Crippen LogP contribution in [0, 0.1) is 0 Å². The fourth-order valence-electron chi connectivity index (χ4n) is 4.16. The van der Waals surface area contributed by atoms with Crippen LogP contribution in [-0.4, -0.2) is 57.1 Å². The van der Waals surface area contributed by atoms with Crippen molar-refractivity contribution in [3.8, 4) is 5.75 Å². The second kappa shape index (κ2) is 11.7. The van der Waals surface area contributed by atoms with Crippen molar-refractivity contribution >= 4 is 44.9 Å². The van der Waals surface area contributed by atoms with Gasteiger partial charge in [0.2, 0.25) is 9.84 Å². The minimum Gasteiger partial charge on any atom is -0.490 e. The highest BCUT2D eigenvalue weighted by Crippen LogP contribution is 2.31. The Labute approximate surface area is 220 Å². The first-order valence-corrected chi connectivity index (χ1v) is 13.6. The van der Waals surface area contributed by atoms with Gasteiger partial charge in [-0.3, -0.25) is 9.59 Å². The van der Waals surface area contributed by atoms with Gasteiger partial charge in [0.1, 0.15) is 23.0 Å². The maximum atomic E-state index is 12.8. The third kappa shape index (κ3) is 6.28. The summed E-state index contributed by atoms with van der Waals surface area (Å²) in [5, 5.41) is 0.943. The summed E-state index contributed by atoms with van der Waals surface area (Å²) in [6.07, 6.45) is 3.83. The molecule has 2 heterocycles. The van der Waals surface area contributed by atoms with Crippen LogP contribution in [0.3, 0.4) is 0 Å². The van der Waals surface area contributed by atoms with Crippen LogP contribution in [0.25, 0.3) is 10.9 Å². The topological polar surface area (TPSA) is 96.5 Å². The van der Waals surface area contributed by atoms with Gasteiger partial charge in [-0.05, 0) is 74.5 Å². The number of aromatic nitrogens is 1. The van der Waals surface area contributed by atoms with Crippen molar-refractivity contribution in [1.82, 2.24) is 9.88 Å². The van der Waals surface area contributed by atoms with Gasteiger partial charge in [0.25, 0.3) is 0 Å². The summed E-state index contributed by atoms with van der Waals surface area (Å²) in [4.78, 5) is 26.9. The van der Waals surface area contributed by atoms with E-state index in [9.17, 15) is 18.0 Å². The second-order valence-electron chi connectivity index (χ2n) is 8.80. The molecular formula is C28H27ClN2O5S. The lowest BCUT2D eigenvalue weighted by Gasteiger charge is -2.29. The highest BCUT2D eigenvalue weighted by atomic mass is 35.5. The van der Waals surface area contributed by atoms with Crippen LogP contribution in [0.15, 0.2) is 82.6 Å². The van der Waals surface area contributed by atoms with Crippen LogP contribution in [0.5, 0.6) is 5.75 Å². The largest absolute Gasteiger partial charge is 0.490 e. The molecule has 0 aliphatic carbocycles. The molecule has 4 aromatic rings. The summed E-state index contributed by atoms with van der Waals surface area (Å²) in [6.45, 7) is 2.19. The number of carbonyl (C=O) groups excluding carboxylic acids is 2. The Morgan fingerprint density at radius 3 is 2.19 bits per heavy atom. The van der Waals surface area contributed by atoms with E-state index in [1.165, 1.54) is 24.3 Å². The van der Waals surface area contributed by atoms with E-state index in [4.69, 9.17) is 16.3 Å². The van der Waals surface area contributed by atoms with Gasteiger partial charge >= 0.3 is 0 Å². The Morgan fingerprint density at radius 2 is 1.57 bits per heavy atom. The molecule has 0 bridgehead atoms. The minimum absolute atomic E-state index is 0.00424. The van der Waals surface area contributed by atoms with Crippen molar-refractivity contribution in [2.45, 2.75) is 28.7 Å². The Morgan fingerprint density at radius 1 is 0.919 bits per heavy atom. The summed E-state index contributed by atoms with van der Waals surface area (Å²) >= 11 is 5.78. The van der Waals surface area contributed by atoms with Crippen LogP contribution in [0.2, 0.25) is 5.02 Å². The third-order valence-electron chi connectivity index (χ3n) is 6.18. The number of piperidine rings is 1. The van der Waals surface area contributed by atoms with Gasteiger partial charge in [0.15, 0.2) is 6.29 Å². The number of sulfone groups is 1. The van der Waals surface area contributed by atoms with E-state index in [1.54, 1.807) is 36.4 Å². The number of fused-ring (bicyclic) bond motifs is 1. The maximum absolute atomic E-state index is 12.8. The number of hydrogen-bond acceptors (Lipinski definition) is 6. The highest BCUT2D eigenvalue weighted by molar-refractivity contribution is 7.91. The van der Waals surface area contributed by atoms with Crippen molar-refractivity contribution in [2.75, 3.05) is 20.1 Å². The van der Waals surface area contributed by atoms with Crippen molar-refractivity contribution in [2.24, 2.45) is 0 Å². The predicted molar refractivity (Wildman–Crippen MR) is 144 cm³/mol. The number of aldehydes is 2. The molecule has 7 nitrogen and oxygen atoms in total. The molecule has 1 N–H and O–H groups in total. The number of H-pyrrole nitrogens is 1. The molecule has 0 radical (unpaired) electrons. The monoisotopic (exact) mass is 538 g/mol. The van der Waals surface area contributed by atoms with Crippen molar-refractivity contribution in [3.05, 3.63) is 89.1 Å². The van der Waals surface area contributed by atoms with E-state index in [0.717, 1.165) is 38.0 Å². The quantitative estimate of drug-likeness (QED) is 0.328. The molecule has 1 aliphatic heterocycles. The zero-order valence-electron chi connectivity index (χ0n) is 20.3. The van der Waals surface area contributed by atoms with Gasteiger partial charge in [-0.1, -0.05) is 29.8 Å². The molecule has 0 saturated carbocycles. The molecule has 1 aromatic heterocycles. The van der Waals surface area contributed by atoms with E-state index in [1.807, 2.05) is 12.1 Å². The summed E-state index contributed by atoms with van der Waals surface area (Å²) in [6, 6.07) is 20.1. The van der Waals surface area contributed by atoms with E-state index >= 15 is 0 Å². The smallest absolute Gasteiger partial charge is 0.209 e. The van der Waals surface area contributed by atoms with Crippen LogP contribution < -0.4 is 4.74 Å². The first-order chi connectivity index (χ1) is 17.8. The number of nitrogens with zero attached hydrogens (tertiary/aromatic N) is 1. The van der Waals surface area contributed by atoms with E-state index in [-0.39, 0.29) is 15.5 Å². The number of rotatable bonds is 6. The molecule has 1 aliphatic rings. The lowest BCUT2D eigenvalue weighted by molar-refractivity contribution is 0.111. The number of hydrogen-bond donors (Lipinski definition) is 1. The van der Waals surface area contributed by atoms with E-state index in [2.05, 4.69) is 16.9 Å². The zero-order valence-corrected chi connectivity index (χ0v) is 21.8. The van der Waals surface area contributed by atoms with Crippen LogP contribution in [-0.2, 0) is 9.84 Å². The number of benzene rings is 3. The summed E-state index contributed by atoms with van der Waals surface area (Å²) in [5.74, 6) is 0.861. The van der Waals surface area contributed by atoms with Gasteiger partial charge in [-0.2, -0.15) is 0 Å².